The van der Waals surface area contributed by atoms with Gasteiger partial charge in [-0.25, -0.2) is 5.01 Å². The van der Waals surface area contributed by atoms with E-state index in [1.807, 2.05) is 72.8 Å². The monoisotopic (exact) mass is 503 g/mol. The summed E-state index contributed by atoms with van der Waals surface area (Å²) in [5.41, 5.74) is 3.58. The molecule has 3 aromatic carbocycles. The maximum atomic E-state index is 12.7. The molecule has 3 aromatic rings. The zero-order valence-corrected chi connectivity index (χ0v) is 19.3. The summed E-state index contributed by atoms with van der Waals surface area (Å²) < 4.78 is 0.979. The third kappa shape index (κ3) is 4.13. The number of benzene rings is 3. The number of phenols is 1. The van der Waals surface area contributed by atoms with Crippen molar-refractivity contribution < 1.29 is 9.90 Å². The average molecular weight is 504 g/mol. The molecule has 2 aliphatic rings. The second-order valence-corrected chi connectivity index (χ2v) is 9.32. The van der Waals surface area contributed by atoms with E-state index in [4.69, 9.17) is 5.10 Å². The highest BCUT2D eigenvalue weighted by molar-refractivity contribution is 9.10. The summed E-state index contributed by atoms with van der Waals surface area (Å²) in [6, 6.07) is 24.7. The summed E-state index contributed by atoms with van der Waals surface area (Å²) in [5, 5.41) is 17.6. The second kappa shape index (κ2) is 8.76. The van der Waals surface area contributed by atoms with Gasteiger partial charge in [0.2, 0.25) is 0 Å². The number of nitrogens with zero attached hydrogens (tertiary/aromatic N) is 3. The number of halogens is 1. The predicted octanol–water partition coefficient (Wildman–Crippen LogP) is 5.98. The van der Waals surface area contributed by atoms with Crippen molar-refractivity contribution in [3.63, 3.8) is 0 Å². The Morgan fingerprint density at radius 3 is 2.47 bits per heavy atom. The van der Waals surface area contributed by atoms with Crippen LogP contribution in [0.4, 0.5) is 0 Å². The van der Waals surface area contributed by atoms with E-state index in [-0.39, 0.29) is 17.7 Å². The number of amidine groups is 1. The van der Waals surface area contributed by atoms with Crippen LogP contribution in [0.2, 0.25) is 0 Å². The van der Waals surface area contributed by atoms with Crippen molar-refractivity contribution in [3.8, 4) is 5.75 Å². The van der Waals surface area contributed by atoms with Crippen molar-refractivity contribution in [2.45, 2.75) is 12.5 Å². The summed E-state index contributed by atoms with van der Waals surface area (Å²) in [6.45, 7) is 0. The Kier molecular flexibility index (Phi) is 5.68. The van der Waals surface area contributed by atoms with Gasteiger partial charge in [-0.05, 0) is 47.2 Å². The van der Waals surface area contributed by atoms with Crippen LogP contribution in [0.5, 0.6) is 5.75 Å². The lowest BCUT2D eigenvalue weighted by molar-refractivity contribution is -0.113. The first-order valence-electron chi connectivity index (χ1n) is 10.1. The number of rotatable bonds is 3. The van der Waals surface area contributed by atoms with E-state index >= 15 is 0 Å². The lowest BCUT2D eigenvalue weighted by atomic mass is 9.98. The smallest absolute Gasteiger partial charge is 0.286 e. The Bertz CT molecular complexity index is 1270. The van der Waals surface area contributed by atoms with Gasteiger partial charge in [0.1, 0.15) is 5.75 Å². The molecule has 7 heteroatoms. The number of amides is 1. The number of aliphatic imine (C=N–C) groups is 1. The van der Waals surface area contributed by atoms with Gasteiger partial charge < -0.3 is 5.11 Å². The van der Waals surface area contributed by atoms with E-state index in [1.165, 1.54) is 11.8 Å². The molecule has 158 valence electrons. The largest absolute Gasteiger partial charge is 0.508 e. The zero-order chi connectivity index (χ0) is 22.1. The van der Waals surface area contributed by atoms with Crippen molar-refractivity contribution in [2.75, 3.05) is 0 Å². The van der Waals surface area contributed by atoms with E-state index < -0.39 is 0 Å². The van der Waals surface area contributed by atoms with Gasteiger partial charge in [-0.1, -0.05) is 76.6 Å². The molecule has 32 heavy (non-hydrogen) atoms. The third-order valence-corrected chi connectivity index (χ3v) is 6.79. The molecule has 2 aliphatic heterocycles. The summed E-state index contributed by atoms with van der Waals surface area (Å²) in [7, 11) is 0. The molecule has 5 nitrogen and oxygen atoms in total. The lowest BCUT2D eigenvalue weighted by Crippen LogP contribution is -2.23. The normalized spacial score (nSPS) is 19.4. The van der Waals surface area contributed by atoms with E-state index in [9.17, 15) is 9.90 Å². The molecule has 0 bridgehead atoms. The molecule has 0 aromatic heterocycles. The molecule has 1 atom stereocenters. The van der Waals surface area contributed by atoms with Crippen LogP contribution in [0, 0.1) is 0 Å². The lowest BCUT2D eigenvalue weighted by Gasteiger charge is -2.23. The predicted molar refractivity (Wildman–Crippen MR) is 132 cm³/mol. The molecule has 0 aliphatic carbocycles. The molecule has 0 saturated heterocycles. The minimum Gasteiger partial charge on any atom is -0.508 e. The number of carbonyl (C=O) groups is 1. The molecule has 2 heterocycles. The molecular weight excluding hydrogens is 486 g/mol. The van der Waals surface area contributed by atoms with Crippen LogP contribution in [0.25, 0.3) is 6.08 Å². The third-order valence-electron chi connectivity index (χ3n) is 5.29. The van der Waals surface area contributed by atoms with E-state index in [1.54, 1.807) is 17.1 Å². The van der Waals surface area contributed by atoms with Gasteiger partial charge in [0.15, 0.2) is 5.17 Å². The maximum Gasteiger partial charge on any atom is 0.286 e. The Balaban J connectivity index is 1.49. The summed E-state index contributed by atoms with van der Waals surface area (Å²) in [4.78, 5) is 17.5. The van der Waals surface area contributed by atoms with Crippen LogP contribution in [-0.4, -0.2) is 26.9 Å². The number of hydrogen-bond donors (Lipinski definition) is 1. The summed E-state index contributed by atoms with van der Waals surface area (Å²) >= 11 is 4.73. The minimum atomic E-state index is -0.285. The van der Waals surface area contributed by atoms with Crippen molar-refractivity contribution >= 4 is 50.6 Å². The van der Waals surface area contributed by atoms with Crippen LogP contribution >= 0.6 is 27.7 Å². The number of para-hydroxylation sites is 1. The fraction of sp³-hybridized carbons (Fsp3) is 0.0800. The first-order chi connectivity index (χ1) is 15.6. The van der Waals surface area contributed by atoms with Gasteiger partial charge in [0, 0.05) is 16.5 Å². The van der Waals surface area contributed by atoms with E-state index in [0.29, 0.717) is 16.5 Å². The van der Waals surface area contributed by atoms with Crippen LogP contribution < -0.4 is 0 Å². The highest BCUT2D eigenvalue weighted by Crippen LogP contribution is 2.41. The van der Waals surface area contributed by atoms with Crippen LogP contribution in [0.3, 0.4) is 0 Å². The standard InChI is InChI=1S/C25H18BrN3O2S/c26-18-12-10-16(11-13-18)14-23-24(31)27-25(32-23)29-21(19-8-4-5-9-22(19)30)15-20(28-29)17-6-2-1-3-7-17/h1-14,21,30H,15H2/b23-14-. The van der Waals surface area contributed by atoms with Gasteiger partial charge in [0.05, 0.1) is 16.7 Å². The molecule has 1 N–H and O–H groups in total. The average Bonchev–Trinajstić information content (AvgIpc) is 3.40. The first kappa shape index (κ1) is 20.7. The zero-order valence-electron chi connectivity index (χ0n) is 16.9. The van der Waals surface area contributed by atoms with Crippen molar-refractivity contribution in [1.29, 1.82) is 0 Å². The SMILES string of the molecule is O=C1N=C(N2N=C(c3ccccc3)CC2c2ccccc2O)S/C1=C\c1ccc(Br)cc1. The Morgan fingerprint density at radius 1 is 1.00 bits per heavy atom. The van der Waals surface area contributed by atoms with Gasteiger partial charge in [-0.3, -0.25) is 4.79 Å². The van der Waals surface area contributed by atoms with Crippen molar-refractivity contribution in [3.05, 3.63) is 105 Å². The number of hydrazone groups is 1. The van der Waals surface area contributed by atoms with Gasteiger partial charge in [0.25, 0.3) is 5.91 Å². The fourth-order valence-corrected chi connectivity index (χ4v) is 4.89. The Labute approximate surface area is 198 Å². The molecule has 1 amide bonds. The van der Waals surface area contributed by atoms with E-state index in [0.717, 1.165) is 26.9 Å². The molecule has 0 saturated carbocycles. The van der Waals surface area contributed by atoms with Gasteiger partial charge in [-0.15, -0.1) is 0 Å². The molecule has 1 unspecified atom stereocenters. The van der Waals surface area contributed by atoms with E-state index in [2.05, 4.69) is 20.9 Å². The van der Waals surface area contributed by atoms with Crippen LogP contribution in [0.15, 0.2) is 98.3 Å². The van der Waals surface area contributed by atoms with Crippen molar-refractivity contribution in [1.82, 2.24) is 5.01 Å². The van der Waals surface area contributed by atoms with Crippen LogP contribution in [-0.2, 0) is 4.79 Å². The highest BCUT2D eigenvalue weighted by atomic mass is 79.9. The Hall–Kier alpha value is -3.16. The van der Waals surface area contributed by atoms with Crippen LogP contribution in [0.1, 0.15) is 29.2 Å². The number of carbonyl (C=O) groups excluding carboxylic acids is 1. The van der Waals surface area contributed by atoms with Gasteiger partial charge in [-0.2, -0.15) is 10.1 Å². The molecule has 0 fully saturated rings. The molecule has 0 spiro atoms. The molecular formula is C25H18BrN3O2S. The van der Waals surface area contributed by atoms with Crippen molar-refractivity contribution in [2.24, 2.45) is 10.1 Å². The number of aromatic hydroxyl groups is 1. The Morgan fingerprint density at radius 2 is 1.72 bits per heavy atom. The first-order valence-corrected chi connectivity index (χ1v) is 11.7. The quantitative estimate of drug-likeness (QED) is 0.446. The highest BCUT2D eigenvalue weighted by Gasteiger charge is 2.37. The maximum absolute atomic E-state index is 12.7. The number of thioether (sulfide) groups is 1. The fourth-order valence-electron chi connectivity index (χ4n) is 3.71. The van der Waals surface area contributed by atoms with Gasteiger partial charge >= 0.3 is 0 Å². The number of hydrogen-bond acceptors (Lipinski definition) is 5. The molecule has 0 radical (unpaired) electrons. The second-order valence-electron chi connectivity index (χ2n) is 7.40. The molecule has 5 rings (SSSR count). The topological polar surface area (TPSA) is 65.3 Å². The summed E-state index contributed by atoms with van der Waals surface area (Å²) in [5.74, 6) is -0.0834. The number of phenolic OH excluding ortho intramolecular Hbond substituents is 1. The summed E-state index contributed by atoms with van der Waals surface area (Å²) in [6.07, 6.45) is 2.43. The minimum absolute atomic E-state index is 0.201.